The topological polar surface area (TPSA) is 70.1 Å². The summed E-state index contributed by atoms with van der Waals surface area (Å²) >= 11 is 0. The zero-order valence-corrected chi connectivity index (χ0v) is 11.4. The Balaban J connectivity index is 2.85. The number of carbonyl (C=O) groups is 2. The Morgan fingerprint density at radius 1 is 1.50 bits per heavy atom. The van der Waals surface area contributed by atoms with Crippen molar-refractivity contribution in [3.63, 3.8) is 0 Å². The number of carbonyl (C=O) groups excluding carboxylic acids is 1. The first-order valence-corrected chi connectivity index (χ1v) is 6.25. The Labute approximate surface area is 107 Å². The Morgan fingerprint density at radius 3 is 2.50 bits per heavy atom. The minimum absolute atomic E-state index is 0.0542. The van der Waals surface area contributed by atoms with Crippen LogP contribution < -0.4 is 0 Å². The number of methoxy groups -OCH3 is 1. The lowest BCUT2D eigenvalue weighted by molar-refractivity contribution is -0.141. The second-order valence-electron chi connectivity index (χ2n) is 4.76. The monoisotopic (exact) mass is 258 g/mol. The normalized spacial score (nSPS) is 23.5. The fraction of sp³-hybridized carbons (Fsp3) is 0.833. The van der Waals surface area contributed by atoms with Gasteiger partial charge in [-0.05, 0) is 20.8 Å². The third-order valence-corrected chi connectivity index (χ3v) is 3.34. The minimum atomic E-state index is -0.970. The van der Waals surface area contributed by atoms with Crippen molar-refractivity contribution in [1.82, 2.24) is 9.80 Å². The van der Waals surface area contributed by atoms with E-state index < -0.39 is 12.0 Å². The first-order chi connectivity index (χ1) is 8.42. The highest BCUT2D eigenvalue weighted by molar-refractivity contribution is 5.83. The number of aliphatic carboxylic acids is 1. The van der Waals surface area contributed by atoms with E-state index in [1.807, 2.05) is 20.8 Å². The van der Waals surface area contributed by atoms with Gasteiger partial charge in [0.2, 0.25) is 0 Å². The molecule has 6 nitrogen and oxygen atoms in total. The molecule has 0 spiro atoms. The third kappa shape index (κ3) is 2.93. The van der Waals surface area contributed by atoms with Gasteiger partial charge in [0.15, 0.2) is 0 Å². The smallest absolute Gasteiger partial charge is 0.326 e. The van der Waals surface area contributed by atoms with Crippen LogP contribution in [0.5, 0.6) is 0 Å². The van der Waals surface area contributed by atoms with Crippen LogP contribution in [-0.2, 0) is 9.53 Å². The molecule has 18 heavy (non-hydrogen) atoms. The number of ether oxygens (including phenoxy) is 1. The summed E-state index contributed by atoms with van der Waals surface area (Å²) in [7, 11) is 1.54. The molecule has 0 aliphatic carbocycles. The molecule has 2 atom stereocenters. The molecule has 0 saturated carbocycles. The lowest BCUT2D eigenvalue weighted by atomic mass is 10.2. The maximum Gasteiger partial charge on any atom is 0.326 e. The first-order valence-electron chi connectivity index (χ1n) is 6.25. The van der Waals surface area contributed by atoms with Gasteiger partial charge in [-0.15, -0.1) is 0 Å². The highest BCUT2D eigenvalue weighted by Gasteiger charge is 2.41. The molecule has 0 aromatic rings. The van der Waals surface area contributed by atoms with Gasteiger partial charge in [-0.25, -0.2) is 9.59 Å². The molecule has 104 valence electrons. The maximum absolute atomic E-state index is 12.3. The molecule has 1 aliphatic rings. The standard InChI is InChI=1S/C12H22N2O4/c1-5-13(8(2)3)12(17)14-7-9(18-4)6-10(14)11(15)16/h8-10H,5-7H2,1-4H3,(H,15,16). The Bertz CT molecular complexity index is 319. The molecule has 2 amide bonds. The van der Waals surface area contributed by atoms with Gasteiger partial charge in [-0.1, -0.05) is 0 Å². The summed E-state index contributed by atoms with van der Waals surface area (Å²) < 4.78 is 5.17. The molecule has 1 heterocycles. The fourth-order valence-corrected chi connectivity index (χ4v) is 2.30. The van der Waals surface area contributed by atoms with Crippen molar-refractivity contribution in [3.05, 3.63) is 0 Å². The van der Waals surface area contributed by atoms with Crippen LogP contribution in [-0.4, -0.2) is 65.3 Å². The van der Waals surface area contributed by atoms with Crippen molar-refractivity contribution >= 4 is 12.0 Å². The average molecular weight is 258 g/mol. The highest BCUT2D eigenvalue weighted by Crippen LogP contribution is 2.22. The number of carboxylic acids is 1. The average Bonchev–Trinajstić information content (AvgIpc) is 2.73. The predicted molar refractivity (Wildman–Crippen MR) is 66.5 cm³/mol. The van der Waals surface area contributed by atoms with Crippen LogP contribution in [0.15, 0.2) is 0 Å². The third-order valence-electron chi connectivity index (χ3n) is 3.34. The zero-order chi connectivity index (χ0) is 13.9. The van der Waals surface area contributed by atoms with Gasteiger partial charge in [0.25, 0.3) is 0 Å². The number of hydrogen-bond donors (Lipinski definition) is 1. The van der Waals surface area contributed by atoms with E-state index in [9.17, 15) is 14.7 Å². The molecule has 6 heteroatoms. The fourth-order valence-electron chi connectivity index (χ4n) is 2.30. The molecular formula is C12H22N2O4. The molecule has 0 bridgehead atoms. The maximum atomic E-state index is 12.3. The minimum Gasteiger partial charge on any atom is -0.480 e. The van der Waals surface area contributed by atoms with Crippen molar-refractivity contribution < 1.29 is 19.4 Å². The highest BCUT2D eigenvalue weighted by atomic mass is 16.5. The van der Waals surface area contributed by atoms with E-state index in [2.05, 4.69) is 0 Å². The van der Waals surface area contributed by atoms with Crippen molar-refractivity contribution in [2.75, 3.05) is 20.2 Å². The summed E-state index contributed by atoms with van der Waals surface area (Å²) in [5, 5.41) is 9.17. The largest absolute Gasteiger partial charge is 0.480 e. The number of amides is 2. The van der Waals surface area contributed by atoms with Crippen molar-refractivity contribution in [1.29, 1.82) is 0 Å². The van der Waals surface area contributed by atoms with Crippen molar-refractivity contribution in [2.24, 2.45) is 0 Å². The number of rotatable bonds is 4. The van der Waals surface area contributed by atoms with Crippen molar-refractivity contribution in [3.8, 4) is 0 Å². The Hall–Kier alpha value is -1.30. The van der Waals surface area contributed by atoms with Gasteiger partial charge in [0.1, 0.15) is 6.04 Å². The Morgan fingerprint density at radius 2 is 2.11 bits per heavy atom. The SMILES string of the molecule is CCN(C(=O)N1CC(OC)CC1C(=O)O)C(C)C. The van der Waals surface area contributed by atoms with Crippen LogP contribution in [0.4, 0.5) is 4.79 Å². The summed E-state index contributed by atoms with van der Waals surface area (Å²) in [4.78, 5) is 26.6. The lowest BCUT2D eigenvalue weighted by Gasteiger charge is -2.32. The predicted octanol–water partition coefficient (Wildman–Crippen LogP) is 1.01. The molecule has 1 N–H and O–H groups in total. The molecule has 1 rings (SSSR count). The van der Waals surface area contributed by atoms with E-state index in [0.29, 0.717) is 19.5 Å². The summed E-state index contributed by atoms with van der Waals surface area (Å²) in [5.41, 5.74) is 0. The number of nitrogens with zero attached hydrogens (tertiary/aromatic N) is 2. The number of carboxylic acid groups (broad SMARTS) is 1. The second kappa shape index (κ2) is 6.04. The van der Waals surface area contributed by atoms with Crippen LogP contribution in [0.25, 0.3) is 0 Å². The van der Waals surface area contributed by atoms with Crippen molar-refractivity contribution in [2.45, 2.75) is 45.4 Å². The van der Waals surface area contributed by atoms with Gasteiger partial charge in [-0.3, -0.25) is 0 Å². The molecule has 0 aromatic carbocycles. The first kappa shape index (κ1) is 14.8. The van der Waals surface area contributed by atoms with E-state index in [4.69, 9.17) is 4.74 Å². The molecule has 2 unspecified atom stereocenters. The molecule has 0 aromatic heterocycles. The van der Waals surface area contributed by atoms with Gasteiger partial charge in [0.05, 0.1) is 6.10 Å². The van der Waals surface area contributed by atoms with Crippen LogP contribution in [0.1, 0.15) is 27.2 Å². The second-order valence-corrected chi connectivity index (χ2v) is 4.76. The number of likely N-dealkylation sites (tertiary alicyclic amines) is 1. The summed E-state index contributed by atoms with van der Waals surface area (Å²) in [6, 6.07) is -0.951. The van der Waals surface area contributed by atoms with E-state index in [-0.39, 0.29) is 18.2 Å². The van der Waals surface area contributed by atoms with E-state index >= 15 is 0 Å². The van der Waals surface area contributed by atoms with E-state index in [1.165, 1.54) is 12.0 Å². The zero-order valence-electron chi connectivity index (χ0n) is 11.4. The van der Waals surface area contributed by atoms with Gasteiger partial charge in [-0.2, -0.15) is 0 Å². The number of hydrogen-bond acceptors (Lipinski definition) is 3. The van der Waals surface area contributed by atoms with Gasteiger partial charge in [0, 0.05) is 32.7 Å². The summed E-state index contributed by atoms with van der Waals surface area (Å²) in [6.45, 7) is 6.63. The molecule has 0 radical (unpaired) electrons. The van der Waals surface area contributed by atoms with Crippen LogP contribution in [0.2, 0.25) is 0 Å². The van der Waals surface area contributed by atoms with Gasteiger partial charge < -0.3 is 19.6 Å². The molecule has 1 fully saturated rings. The summed E-state index contributed by atoms with van der Waals surface area (Å²) in [5.74, 6) is -0.970. The quantitative estimate of drug-likeness (QED) is 0.817. The lowest BCUT2D eigenvalue weighted by Crippen LogP contribution is -2.50. The summed E-state index contributed by atoms with van der Waals surface area (Å²) in [6.07, 6.45) is 0.161. The van der Waals surface area contributed by atoms with Crippen LogP contribution >= 0.6 is 0 Å². The van der Waals surface area contributed by atoms with E-state index in [1.54, 1.807) is 4.90 Å². The Kier molecular flexibility index (Phi) is 4.95. The molecule has 1 aliphatic heterocycles. The molecular weight excluding hydrogens is 236 g/mol. The van der Waals surface area contributed by atoms with Crippen LogP contribution in [0.3, 0.4) is 0 Å². The van der Waals surface area contributed by atoms with Gasteiger partial charge >= 0.3 is 12.0 Å². The van der Waals surface area contributed by atoms with E-state index in [0.717, 1.165) is 0 Å². The number of urea groups is 1. The molecule has 1 saturated heterocycles. The van der Waals surface area contributed by atoms with Crippen LogP contribution in [0, 0.1) is 0 Å².